The van der Waals surface area contributed by atoms with E-state index in [1.165, 1.54) is 0 Å². The summed E-state index contributed by atoms with van der Waals surface area (Å²) in [6.07, 6.45) is -0.648. The zero-order valence-electron chi connectivity index (χ0n) is 9.76. The molecule has 0 aliphatic heterocycles. The van der Waals surface area contributed by atoms with Crippen LogP contribution in [0.3, 0.4) is 0 Å². The lowest BCUT2D eigenvalue weighted by Gasteiger charge is -2.47. The summed E-state index contributed by atoms with van der Waals surface area (Å²) < 4.78 is 0. The Morgan fingerprint density at radius 3 is 1.62 bits per heavy atom. The summed E-state index contributed by atoms with van der Waals surface area (Å²) in [5.41, 5.74) is -0.259. The standard InChI is InChI=1S/C11H24O2/c1-8(2)10(3,4)11(5,6)9(13)7-12/h8-9,12-13H,7H2,1-6H3. The third-order valence-corrected chi connectivity index (χ3v) is 4.11. The minimum atomic E-state index is -0.648. The van der Waals surface area contributed by atoms with Gasteiger partial charge in [-0.3, -0.25) is 0 Å². The average Bonchev–Trinajstić information content (AvgIpc) is 2.02. The smallest absolute Gasteiger partial charge is 0.0826 e. The van der Waals surface area contributed by atoms with Crippen molar-refractivity contribution in [2.24, 2.45) is 16.7 Å². The molecule has 0 spiro atoms. The van der Waals surface area contributed by atoms with Gasteiger partial charge in [0.15, 0.2) is 0 Å². The maximum Gasteiger partial charge on any atom is 0.0826 e. The van der Waals surface area contributed by atoms with E-state index in [1.807, 2.05) is 13.8 Å². The predicted octanol–water partition coefficient (Wildman–Crippen LogP) is 2.05. The van der Waals surface area contributed by atoms with Crippen molar-refractivity contribution in [3.63, 3.8) is 0 Å². The van der Waals surface area contributed by atoms with Crippen LogP contribution < -0.4 is 0 Å². The molecule has 0 aliphatic rings. The van der Waals surface area contributed by atoms with E-state index in [1.54, 1.807) is 0 Å². The fraction of sp³-hybridized carbons (Fsp3) is 1.00. The van der Waals surface area contributed by atoms with Crippen molar-refractivity contribution in [1.29, 1.82) is 0 Å². The topological polar surface area (TPSA) is 40.5 Å². The predicted molar refractivity (Wildman–Crippen MR) is 55.5 cm³/mol. The SMILES string of the molecule is CC(C)C(C)(C)C(C)(C)C(O)CO. The van der Waals surface area contributed by atoms with E-state index in [0.29, 0.717) is 5.92 Å². The third-order valence-electron chi connectivity index (χ3n) is 4.11. The van der Waals surface area contributed by atoms with Crippen molar-refractivity contribution in [2.45, 2.75) is 47.6 Å². The molecule has 0 saturated carbocycles. The minimum absolute atomic E-state index is 0.00907. The highest BCUT2D eigenvalue weighted by molar-refractivity contribution is 4.92. The van der Waals surface area contributed by atoms with Gasteiger partial charge in [-0.15, -0.1) is 0 Å². The number of aliphatic hydroxyl groups excluding tert-OH is 2. The number of aliphatic hydroxyl groups is 2. The average molecular weight is 188 g/mol. The number of rotatable bonds is 4. The maximum atomic E-state index is 9.72. The first kappa shape index (κ1) is 12.9. The summed E-state index contributed by atoms with van der Waals surface area (Å²) >= 11 is 0. The largest absolute Gasteiger partial charge is 0.394 e. The summed E-state index contributed by atoms with van der Waals surface area (Å²) in [5.74, 6) is 0.476. The zero-order chi connectivity index (χ0) is 10.9. The molecule has 80 valence electrons. The van der Waals surface area contributed by atoms with Gasteiger partial charge in [-0.25, -0.2) is 0 Å². The Balaban J connectivity index is 4.80. The lowest BCUT2D eigenvalue weighted by Crippen LogP contribution is -2.47. The van der Waals surface area contributed by atoms with Crippen LogP contribution in [0.4, 0.5) is 0 Å². The summed E-state index contributed by atoms with van der Waals surface area (Å²) in [4.78, 5) is 0. The fourth-order valence-corrected chi connectivity index (χ4v) is 1.40. The molecule has 0 amide bonds. The van der Waals surface area contributed by atoms with Crippen LogP contribution in [0.25, 0.3) is 0 Å². The van der Waals surface area contributed by atoms with E-state index >= 15 is 0 Å². The Morgan fingerprint density at radius 1 is 1.00 bits per heavy atom. The molecule has 0 aromatic heterocycles. The van der Waals surface area contributed by atoms with E-state index in [9.17, 15) is 5.11 Å². The van der Waals surface area contributed by atoms with Crippen LogP contribution in [0.15, 0.2) is 0 Å². The molecule has 0 heterocycles. The van der Waals surface area contributed by atoms with E-state index in [2.05, 4.69) is 27.7 Å². The molecule has 13 heavy (non-hydrogen) atoms. The van der Waals surface area contributed by atoms with Gasteiger partial charge >= 0.3 is 0 Å². The molecule has 2 N–H and O–H groups in total. The van der Waals surface area contributed by atoms with Gasteiger partial charge in [0.2, 0.25) is 0 Å². The van der Waals surface area contributed by atoms with Gasteiger partial charge in [-0.2, -0.15) is 0 Å². The molecule has 2 nitrogen and oxygen atoms in total. The maximum absolute atomic E-state index is 9.72. The van der Waals surface area contributed by atoms with Crippen molar-refractivity contribution in [3.8, 4) is 0 Å². The summed E-state index contributed by atoms with van der Waals surface area (Å²) in [7, 11) is 0. The highest BCUT2D eigenvalue weighted by Crippen LogP contribution is 2.46. The quantitative estimate of drug-likeness (QED) is 0.709. The second kappa shape index (κ2) is 3.97. The molecule has 0 aromatic rings. The molecule has 0 radical (unpaired) electrons. The second-order valence-electron chi connectivity index (χ2n) is 5.30. The first-order valence-electron chi connectivity index (χ1n) is 4.96. The van der Waals surface area contributed by atoms with Crippen LogP contribution in [0.1, 0.15) is 41.5 Å². The van der Waals surface area contributed by atoms with Gasteiger partial charge in [-0.05, 0) is 16.7 Å². The summed E-state index contributed by atoms with van der Waals surface area (Å²) in [5, 5.41) is 18.7. The van der Waals surface area contributed by atoms with Crippen LogP contribution in [-0.2, 0) is 0 Å². The first-order valence-corrected chi connectivity index (χ1v) is 4.96. The van der Waals surface area contributed by atoms with Gasteiger partial charge in [0.25, 0.3) is 0 Å². The lowest BCUT2D eigenvalue weighted by molar-refractivity contribution is -0.0807. The Morgan fingerprint density at radius 2 is 1.38 bits per heavy atom. The van der Waals surface area contributed by atoms with Gasteiger partial charge in [0.05, 0.1) is 12.7 Å². The Labute approximate surface area is 82.0 Å². The van der Waals surface area contributed by atoms with Crippen LogP contribution in [-0.4, -0.2) is 22.9 Å². The molecule has 0 rings (SSSR count). The van der Waals surface area contributed by atoms with E-state index in [0.717, 1.165) is 0 Å². The van der Waals surface area contributed by atoms with Crippen molar-refractivity contribution in [1.82, 2.24) is 0 Å². The summed E-state index contributed by atoms with van der Waals surface area (Å²) in [6, 6.07) is 0. The van der Waals surface area contributed by atoms with E-state index < -0.39 is 6.10 Å². The third kappa shape index (κ3) is 2.23. The zero-order valence-corrected chi connectivity index (χ0v) is 9.76. The van der Waals surface area contributed by atoms with E-state index in [-0.39, 0.29) is 17.4 Å². The molecule has 0 aliphatic carbocycles. The van der Waals surface area contributed by atoms with Crippen molar-refractivity contribution >= 4 is 0 Å². The molecule has 0 fully saturated rings. The number of hydrogen-bond donors (Lipinski definition) is 2. The Bertz CT molecular complexity index is 159. The van der Waals surface area contributed by atoms with E-state index in [4.69, 9.17) is 5.11 Å². The number of hydrogen-bond acceptors (Lipinski definition) is 2. The van der Waals surface area contributed by atoms with Crippen LogP contribution in [0, 0.1) is 16.7 Å². The summed E-state index contributed by atoms with van der Waals surface area (Å²) in [6.45, 7) is 12.4. The van der Waals surface area contributed by atoms with Gasteiger partial charge in [-0.1, -0.05) is 41.5 Å². The molecule has 1 atom stereocenters. The molecular weight excluding hydrogens is 164 g/mol. The highest BCUT2D eigenvalue weighted by Gasteiger charge is 2.43. The van der Waals surface area contributed by atoms with Crippen LogP contribution >= 0.6 is 0 Å². The van der Waals surface area contributed by atoms with Crippen LogP contribution in [0.5, 0.6) is 0 Å². The molecule has 0 saturated heterocycles. The molecular formula is C11H24O2. The normalized spacial score (nSPS) is 16.4. The molecule has 0 bridgehead atoms. The van der Waals surface area contributed by atoms with Crippen LogP contribution in [0.2, 0.25) is 0 Å². The second-order valence-corrected chi connectivity index (χ2v) is 5.30. The van der Waals surface area contributed by atoms with Gasteiger partial charge in [0, 0.05) is 0 Å². The van der Waals surface area contributed by atoms with Gasteiger partial charge < -0.3 is 10.2 Å². The van der Waals surface area contributed by atoms with Crippen molar-refractivity contribution < 1.29 is 10.2 Å². The van der Waals surface area contributed by atoms with Crippen molar-refractivity contribution in [3.05, 3.63) is 0 Å². The van der Waals surface area contributed by atoms with Crippen molar-refractivity contribution in [2.75, 3.05) is 6.61 Å². The fourth-order valence-electron chi connectivity index (χ4n) is 1.40. The molecule has 2 heteroatoms. The monoisotopic (exact) mass is 188 g/mol. The molecule has 0 aromatic carbocycles. The Kier molecular flexibility index (Phi) is 3.95. The lowest BCUT2D eigenvalue weighted by atomic mass is 9.60. The Hall–Kier alpha value is -0.0800. The van der Waals surface area contributed by atoms with Gasteiger partial charge in [0.1, 0.15) is 0 Å². The minimum Gasteiger partial charge on any atom is -0.394 e. The molecule has 1 unspecified atom stereocenters. The first-order chi connectivity index (χ1) is 5.67. The highest BCUT2D eigenvalue weighted by atomic mass is 16.3.